The van der Waals surface area contributed by atoms with Gasteiger partial charge in [-0.05, 0) is 18.2 Å². The van der Waals surface area contributed by atoms with Crippen molar-refractivity contribution in [2.45, 2.75) is 6.54 Å². The Bertz CT molecular complexity index is 819. The molecule has 0 aliphatic heterocycles. The summed E-state index contributed by atoms with van der Waals surface area (Å²) in [7, 11) is 1.26. The number of anilines is 1. The summed E-state index contributed by atoms with van der Waals surface area (Å²) in [4.78, 5) is 23.8. The van der Waals surface area contributed by atoms with Crippen LogP contribution in [0.4, 0.5) is 10.7 Å². The van der Waals surface area contributed by atoms with E-state index in [4.69, 9.17) is 11.6 Å². The van der Waals surface area contributed by atoms with Gasteiger partial charge in [-0.3, -0.25) is 10.3 Å². The van der Waals surface area contributed by atoms with Crippen molar-refractivity contribution in [3.63, 3.8) is 0 Å². The molecular weight excluding hydrogens is 306 g/mol. The number of carbonyl (C=O) groups is 1. The summed E-state index contributed by atoms with van der Waals surface area (Å²) in [5.41, 5.74) is 2.21. The van der Waals surface area contributed by atoms with E-state index in [1.54, 1.807) is 12.3 Å². The van der Waals surface area contributed by atoms with Crippen molar-refractivity contribution in [1.82, 2.24) is 19.5 Å². The van der Waals surface area contributed by atoms with Gasteiger partial charge in [-0.1, -0.05) is 17.7 Å². The molecular formula is C14H12ClN5O2. The Hall–Kier alpha value is -2.67. The number of amides is 1. The minimum atomic E-state index is -0.650. The molecule has 0 fully saturated rings. The summed E-state index contributed by atoms with van der Waals surface area (Å²) < 4.78 is 6.41. The summed E-state index contributed by atoms with van der Waals surface area (Å²) in [5, 5.41) is 2.64. The minimum absolute atomic E-state index is 0.0972. The molecule has 0 aliphatic rings. The number of rotatable bonds is 3. The smallest absolute Gasteiger partial charge is 0.413 e. The lowest BCUT2D eigenvalue weighted by molar-refractivity contribution is 0.186. The molecule has 0 radical (unpaired) electrons. The van der Waals surface area contributed by atoms with E-state index < -0.39 is 6.09 Å². The lowest BCUT2D eigenvalue weighted by atomic mass is 10.3. The number of aromatic nitrogens is 4. The summed E-state index contributed by atoms with van der Waals surface area (Å²) in [5.74, 6) is 0.0972. The van der Waals surface area contributed by atoms with Gasteiger partial charge in [0.05, 0.1) is 24.9 Å². The van der Waals surface area contributed by atoms with Crippen molar-refractivity contribution in [3.8, 4) is 0 Å². The number of hydrogen-bond acceptors (Lipinski definition) is 5. The quantitative estimate of drug-likeness (QED) is 0.751. The summed E-state index contributed by atoms with van der Waals surface area (Å²) in [6.45, 7) is 0.553. The standard InChI is InChI=1S/C14H12ClN5O2/c1-22-14(21)19-13-17-10-5-7-20(11(10)12(15)18-13)8-9-4-2-3-6-16-9/h2-7H,8H2,1H3,(H,17,18,19,21). The second-order valence-electron chi connectivity index (χ2n) is 4.45. The van der Waals surface area contributed by atoms with Crippen LogP contribution in [0, 0.1) is 0 Å². The van der Waals surface area contributed by atoms with E-state index in [-0.39, 0.29) is 11.1 Å². The van der Waals surface area contributed by atoms with E-state index in [0.717, 1.165) is 5.69 Å². The number of carbonyl (C=O) groups excluding carboxylic acids is 1. The normalized spacial score (nSPS) is 10.6. The second-order valence-corrected chi connectivity index (χ2v) is 4.81. The zero-order valence-electron chi connectivity index (χ0n) is 11.7. The van der Waals surface area contributed by atoms with Gasteiger partial charge in [0, 0.05) is 12.4 Å². The van der Waals surface area contributed by atoms with E-state index in [2.05, 4.69) is 25.0 Å². The predicted molar refractivity (Wildman–Crippen MR) is 81.9 cm³/mol. The van der Waals surface area contributed by atoms with Gasteiger partial charge in [0.15, 0.2) is 5.15 Å². The van der Waals surface area contributed by atoms with Crippen LogP contribution in [0.15, 0.2) is 36.7 Å². The maximum Gasteiger partial charge on any atom is 0.413 e. The Morgan fingerprint density at radius 1 is 1.36 bits per heavy atom. The monoisotopic (exact) mass is 317 g/mol. The molecule has 0 saturated heterocycles. The van der Waals surface area contributed by atoms with E-state index in [9.17, 15) is 4.79 Å². The van der Waals surface area contributed by atoms with Gasteiger partial charge >= 0.3 is 6.09 Å². The molecule has 3 aromatic heterocycles. The number of methoxy groups -OCH3 is 1. The zero-order chi connectivity index (χ0) is 15.5. The van der Waals surface area contributed by atoms with Crippen LogP contribution in [0.25, 0.3) is 11.0 Å². The molecule has 3 rings (SSSR count). The van der Waals surface area contributed by atoms with Crippen molar-refractivity contribution in [2.24, 2.45) is 0 Å². The highest BCUT2D eigenvalue weighted by atomic mass is 35.5. The van der Waals surface area contributed by atoms with Gasteiger partial charge in [-0.15, -0.1) is 0 Å². The lowest BCUT2D eigenvalue weighted by Gasteiger charge is -2.07. The van der Waals surface area contributed by atoms with Gasteiger partial charge < -0.3 is 9.30 Å². The summed E-state index contributed by atoms with van der Waals surface area (Å²) in [6.07, 6.45) is 2.93. The van der Waals surface area contributed by atoms with Gasteiger partial charge in [0.1, 0.15) is 5.52 Å². The molecule has 0 aromatic carbocycles. The van der Waals surface area contributed by atoms with Crippen molar-refractivity contribution in [2.75, 3.05) is 12.4 Å². The first-order valence-electron chi connectivity index (χ1n) is 6.44. The first kappa shape index (κ1) is 14.3. The van der Waals surface area contributed by atoms with Gasteiger partial charge in [-0.25, -0.2) is 9.78 Å². The van der Waals surface area contributed by atoms with Crippen LogP contribution in [0.2, 0.25) is 5.15 Å². The van der Waals surface area contributed by atoms with Crippen LogP contribution in [-0.4, -0.2) is 32.7 Å². The first-order valence-corrected chi connectivity index (χ1v) is 6.82. The SMILES string of the molecule is COC(=O)Nc1nc(Cl)c2c(ccn2Cc2ccccn2)n1. The third-order valence-electron chi connectivity index (χ3n) is 3.03. The molecule has 112 valence electrons. The summed E-state index contributed by atoms with van der Waals surface area (Å²) >= 11 is 6.22. The van der Waals surface area contributed by atoms with E-state index in [1.807, 2.05) is 29.0 Å². The number of halogens is 1. The molecule has 0 atom stereocenters. The minimum Gasteiger partial charge on any atom is -0.453 e. The largest absolute Gasteiger partial charge is 0.453 e. The maximum atomic E-state index is 11.2. The van der Waals surface area contributed by atoms with Crippen LogP contribution >= 0.6 is 11.6 Å². The van der Waals surface area contributed by atoms with Crippen molar-refractivity contribution in [3.05, 3.63) is 47.5 Å². The molecule has 0 saturated carbocycles. The average Bonchev–Trinajstić information content (AvgIpc) is 2.91. The average molecular weight is 318 g/mol. The molecule has 0 aliphatic carbocycles. The van der Waals surface area contributed by atoms with Crippen LogP contribution in [0.5, 0.6) is 0 Å². The molecule has 8 heteroatoms. The third-order valence-corrected chi connectivity index (χ3v) is 3.29. The fourth-order valence-corrected chi connectivity index (χ4v) is 2.34. The molecule has 1 amide bonds. The Morgan fingerprint density at radius 2 is 2.23 bits per heavy atom. The van der Waals surface area contributed by atoms with Crippen LogP contribution < -0.4 is 5.32 Å². The molecule has 7 nitrogen and oxygen atoms in total. The number of pyridine rings is 1. The topological polar surface area (TPSA) is 81.9 Å². The first-order chi connectivity index (χ1) is 10.7. The van der Waals surface area contributed by atoms with E-state index in [0.29, 0.717) is 17.6 Å². The highest BCUT2D eigenvalue weighted by Gasteiger charge is 2.13. The number of hydrogen-bond donors (Lipinski definition) is 1. The fourth-order valence-electron chi connectivity index (χ4n) is 2.06. The van der Waals surface area contributed by atoms with Crippen molar-refractivity contribution >= 4 is 34.7 Å². The highest BCUT2D eigenvalue weighted by molar-refractivity contribution is 6.33. The Kier molecular flexibility index (Phi) is 3.88. The second kappa shape index (κ2) is 5.98. The highest BCUT2D eigenvalue weighted by Crippen LogP contribution is 2.23. The number of nitrogens with one attached hydrogen (secondary N) is 1. The van der Waals surface area contributed by atoms with Crippen LogP contribution in [0.1, 0.15) is 5.69 Å². The Labute approximate surface area is 130 Å². The lowest BCUT2D eigenvalue weighted by Crippen LogP contribution is -2.13. The van der Waals surface area contributed by atoms with E-state index in [1.165, 1.54) is 7.11 Å². The molecule has 3 heterocycles. The van der Waals surface area contributed by atoms with Crippen LogP contribution in [0.3, 0.4) is 0 Å². The van der Waals surface area contributed by atoms with Gasteiger partial charge in [-0.2, -0.15) is 4.98 Å². The number of fused-ring (bicyclic) bond motifs is 1. The molecule has 1 N–H and O–H groups in total. The predicted octanol–water partition coefficient (Wildman–Crippen LogP) is 2.71. The van der Waals surface area contributed by atoms with Gasteiger partial charge in [0.25, 0.3) is 0 Å². The fraction of sp³-hybridized carbons (Fsp3) is 0.143. The molecule has 0 bridgehead atoms. The number of ether oxygens (including phenoxy) is 1. The zero-order valence-corrected chi connectivity index (χ0v) is 12.4. The van der Waals surface area contributed by atoms with Crippen molar-refractivity contribution < 1.29 is 9.53 Å². The molecule has 3 aromatic rings. The Morgan fingerprint density at radius 3 is 2.95 bits per heavy atom. The van der Waals surface area contributed by atoms with Crippen LogP contribution in [-0.2, 0) is 11.3 Å². The maximum absolute atomic E-state index is 11.2. The number of nitrogens with zero attached hydrogens (tertiary/aromatic N) is 4. The molecule has 22 heavy (non-hydrogen) atoms. The summed E-state index contributed by atoms with van der Waals surface area (Å²) in [6, 6.07) is 7.50. The van der Waals surface area contributed by atoms with E-state index >= 15 is 0 Å². The third kappa shape index (κ3) is 2.84. The molecule has 0 spiro atoms. The van der Waals surface area contributed by atoms with Gasteiger partial charge in [0.2, 0.25) is 5.95 Å². The molecule has 0 unspecified atom stereocenters. The Balaban J connectivity index is 1.96. The van der Waals surface area contributed by atoms with Crippen molar-refractivity contribution in [1.29, 1.82) is 0 Å².